The van der Waals surface area contributed by atoms with E-state index in [0.29, 0.717) is 73.1 Å². The first kappa shape index (κ1) is 40.8. The summed E-state index contributed by atoms with van der Waals surface area (Å²) >= 11 is 0. The molecule has 55 heavy (non-hydrogen) atoms. The maximum absolute atomic E-state index is 15.3. The third kappa shape index (κ3) is 11.8. The van der Waals surface area contributed by atoms with Crippen molar-refractivity contribution in [3.05, 3.63) is 78.5 Å². The van der Waals surface area contributed by atoms with Crippen LogP contribution in [0.25, 0.3) is 10.9 Å². The molecule has 0 saturated heterocycles. The summed E-state index contributed by atoms with van der Waals surface area (Å²) < 4.78 is 62.4. The van der Waals surface area contributed by atoms with E-state index in [0.717, 1.165) is 31.7 Å². The summed E-state index contributed by atoms with van der Waals surface area (Å²) in [6.07, 6.45) is 5.33. The summed E-state index contributed by atoms with van der Waals surface area (Å²) in [7, 11) is 1.52. The topological polar surface area (TPSA) is 144 Å². The van der Waals surface area contributed by atoms with Crippen molar-refractivity contribution in [1.29, 1.82) is 0 Å². The molecule has 1 heterocycles. The SMILES string of the molecule is COc1cc2c(Oc3ccc(NC(=O)C4(C(=O)Nc5ccc(F)cc5)CC4)cc3F)ccnc2cc1OCCCCOCCCCOCC(=O)OC(C)(C)C. The summed E-state index contributed by atoms with van der Waals surface area (Å²) in [5.41, 5.74) is -0.750. The van der Waals surface area contributed by atoms with Crippen LogP contribution < -0.4 is 24.8 Å². The number of anilines is 2. The average molecular weight is 764 g/mol. The van der Waals surface area contributed by atoms with Gasteiger partial charge in [-0.25, -0.2) is 13.6 Å². The zero-order valence-corrected chi connectivity index (χ0v) is 31.5. The Labute approximate surface area is 318 Å². The number of ether oxygens (including phenoxy) is 6. The molecule has 0 aliphatic heterocycles. The smallest absolute Gasteiger partial charge is 0.332 e. The Balaban J connectivity index is 1.07. The molecule has 1 aliphatic carbocycles. The highest BCUT2D eigenvalue weighted by Crippen LogP contribution is 2.48. The predicted octanol–water partition coefficient (Wildman–Crippen LogP) is 7.99. The molecule has 0 unspecified atom stereocenters. The maximum atomic E-state index is 15.3. The van der Waals surface area contributed by atoms with Gasteiger partial charge in [-0.1, -0.05) is 0 Å². The van der Waals surface area contributed by atoms with Crippen LogP contribution in [0.1, 0.15) is 59.3 Å². The quantitative estimate of drug-likeness (QED) is 0.0517. The fourth-order valence-electron chi connectivity index (χ4n) is 5.51. The molecule has 0 bridgehead atoms. The normalized spacial score (nSPS) is 13.2. The zero-order valence-electron chi connectivity index (χ0n) is 31.5. The molecule has 1 aliphatic rings. The van der Waals surface area contributed by atoms with Gasteiger partial charge in [-0.15, -0.1) is 0 Å². The lowest BCUT2D eigenvalue weighted by Gasteiger charge is -2.19. The van der Waals surface area contributed by atoms with Crippen molar-refractivity contribution in [2.75, 3.05) is 50.8 Å². The second-order valence-electron chi connectivity index (χ2n) is 14.1. The summed E-state index contributed by atoms with van der Waals surface area (Å²) in [4.78, 5) is 42.1. The number of unbranched alkanes of at least 4 members (excludes halogenated alkanes) is 2. The molecule has 12 nitrogen and oxygen atoms in total. The largest absolute Gasteiger partial charge is 0.493 e. The van der Waals surface area contributed by atoms with Crippen molar-refractivity contribution in [3.8, 4) is 23.0 Å². The summed E-state index contributed by atoms with van der Waals surface area (Å²) in [5, 5.41) is 5.85. The Bertz CT molecular complexity index is 1950. The van der Waals surface area contributed by atoms with Crippen molar-refractivity contribution in [2.45, 2.75) is 64.9 Å². The van der Waals surface area contributed by atoms with E-state index in [2.05, 4.69) is 15.6 Å². The van der Waals surface area contributed by atoms with Gasteiger partial charge in [0.1, 0.15) is 29.2 Å². The number of nitrogens with zero attached hydrogens (tertiary/aromatic N) is 1. The van der Waals surface area contributed by atoms with Crippen molar-refractivity contribution in [2.24, 2.45) is 5.41 Å². The monoisotopic (exact) mass is 763 g/mol. The molecular weight excluding hydrogens is 716 g/mol. The number of esters is 1. The first-order valence-electron chi connectivity index (χ1n) is 18.2. The fraction of sp³-hybridized carbons (Fsp3) is 0.415. The molecule has 14 heteroatoms. The van der Waals surface area contributed by atoms with Crippen LogP contribution in [-0.4, -0.2) is 68.5 Å². The molecule has 294 valence electrons. The lowest BCUT2D eigenvalue weighted by Crippen LogP contribution is -2.35. The number of methoxy groups -OCH3 is 1. The third-order valence-electron chi connectivity index (χ3n) is 8.53. The Kier molecular flexibility index (Phi) is 14.0. The number of aromatic nitrogens is 1. The number of carbonyl (C=O) groups excluding carboxylic acids is 3. The Morgan fingerprint density at radius 3 is 2.02 bits per heavy atom. The van der Waals surface area contributed by atoms with E-state index in [4.69, 9.17) is 28.4 Å². The molecule has 2 N–H and O–H groups in total. The number of rotatable bonds is 20. The second-order valence-corrected chi connectivity index (χ2v) is 14.1. The lowest BCUT2D eigenvalue weighted by molar-refractivity contribution is -0.160. The highest BCUT2D eigenvalue weighted by atomic mass is 19.1. The van der Waals surface area contributed by atoms with Gasteiger partial charge in [-0.05, 0) is 108 Å². The van der Waals surface area contributed by atoms with E-state index in [1.54, 1.807) is 18.2 Å². The summed E-state index contributed by atoms with van der Waals surface area (Å²) in [5.74, 6) is -1.44. The van der Waals surface area contributed by atoms with Crippen LogP contribution >= 0.6 is 0 Å². The fourth-order valence-corrected chi connectivity index (χ4v) is 5.51. The van der Waals surface area contributed by atoms with Gasteiger partial charge in [-0.2, -0.15) is 0 Å². The van der Waals surface area contributed by atoms with Gasteiger partial charge in [-0.3, -0.25) is 14.6 Å². The lowest BCUT2D eigenvalue weighted by atomic mass is 10.0. The molecule has 5 rings (SSSR count). The van der Waals surface area contributed by atoms with Crippen LogP contribution in [0.15, 0.2) is 66.9 Å². The number of benzene rings is 3. The Morgan fingerprint density at radius 2 is 1.38 bits per heavy atom. The van der Waals surface area contributed by atoms with Crippen LogP contribution in [0.4, 0.5) is 20.2 Å². The number of nitrogens with one attached hydrogen (secondary N) is 2. The molecule has 1 saturated carbocycles. The van der Waals surface area contributed by atoms with Crippen molar-refractivity contribution >= 4 is 40.1 Å². The Morgan fingerprint density at radius 1 is 0.745 bits per heavy atom. The predicted molar refractivity (Wildman–Crippen MR) is 202 cm³/mol. The molecule has 1 fully saturated rings. The van der Waals surface area contributed by atoms with Gasteiger partial charge in [0.25, 0.3) is 0 Å². The van der Waals surface area contributed by atoms with E-state index in [-0.39, 0.29) is 24.0 Å². The summed E-state index contributed by atoms with van der Waals surface area (Å²) in [6, 6.07) is 14.3. The first-order chi connectivity index (χ1) is 26.4. The highest BCUT2D eigenvalue weighted by molar-refractivity contribution is 6.16. The van der Waals surface area contributed by atoms with Gasteiger partial charge >= 0.3 is 5.97 Å². The van der Waals surface area contributed by atoms with Gasteiger partial charge in [0.05, 0.1) is 19.2 Å². The number of amides is 2. The van der Waals surface area contributed by atoms with E-state index >= 15 is 4.39 Å². The number of hydrogen-bond donors (Lipinski definition) is 2. The van der Waals surface area contributed by atoms with Gasteiger partial charge in [0, 0.05) is 54.9 Å². The van der Waals surface area contributed by atoms with Crippen LogP contribution in [0.5, 0.6) is 23.0 Å². The van der Waals surface area contributed by atoms with Gasteiger partial charge in [0.15, 0.2) is 23.1 Å². The van der Waals surface area contributed by atoms with E-state index in [9.17, 15) is 18.8 Å². The minimum absolute atomic E-state index is 0.0571. The zero-order chi connectivity index (χ0) is 39.4. The van der Waals surface area contributed by atoms with Crippen LogP contribution in [0.3, 0.4) is 0 Å². The van der Waals surface area contributed by atoms with Crippen LogP contribution in [0, 0.1) is 17.0 Å². The standard InChI is InChI=1S/C41H47F2N3O9/c1-40(2,3)55-37(47)26-52-21-6-5-19-51-20-7-8-22-53-36-25-32-30(24-35(36)50-4)33(15-18-44-32)54-34-14-13-29(23-31(34)43)46-39(49)41(16-17-41)38(48)45-28-11-9-27(42)10-12-28/h9-15,18,23-25H,5-8,16-17,19-22,26H2,1-4H3,(H,45,48)(H,46,49). The number of pyridine rings is 1. The molecule has 0 radical (unpaired) electrons. The molecule has 1 aromatic heterocycles. The van der Waals surface area contributed by atoms with E-state index in [1.165, 1.54) is 49.7 Å². The molecule has 0 atom stereocenters. The molecule has 4 aromatic rings. The van der Waals surface area contributed by atoms with Crippen molar-refractivity contribution < 1.29 is 51.6 Å². The van der Waals surface area contributed by atoms with Crippen molar-refractivity contribution in [3.63, 3.8) is 0 Å². The van der Waals surface area contributed by atoms with Crippen molar-refractivity contribution in [1.82, 2.24) is 4.98 Å². The summed E-state index contributed by atoms with van der Waals surface area (Å²) in [6.45, 7) is 7.46. The molecule has 3 aromatic carbocycles. The Hall–Kier alpha value is -5.34. The molecular formula is C41H47F2N3O9. The number of hydrogen-bond acceptors (Lipinski definition) is 10. The van der Waals surface area contributed by atoms with Gasteiger partial charge in [0.2, 0.25) is 11.8 Å². The minimum Gasteiger partial charge on any atom is -0.493 e. The van der Waals surface area contributed by atoms with Crippen LogP contribution in [-0.2, 0) is 28.6 Å². The maximum Gasteiger partial charge on any atom is 0.332 e. The molecule has 0 spiro atoms. The minimum atomic E-state index is -1.30. The number of carbonyl (C=O) groups is 3. The number of halogens is 2. The van der Waals surface area contributed by atoms with Crippen LogP contribution in [0.2, 0.25) is 0 Å². The third-order valence-corrected chi connectivity index (χ3v) is 8.53. The highest BCUT2D eigenvalue weighted by Gasteiger charge is 2.56. The number of fused-ring (bicyclic) bond motifs is 1. The molecule has 2 amide bonds. The average Bonchev–Trinajstić information content (AvgIpc) is 3.96. The second kappa shape index (κ2) is 18.8. The van der Waals surface area contributed by atoms with Gasteiger partial charge < -0.3 is 39.1 Å². The first-order valence-corrected chi connectivity index (χ1v) is 18.2. The van der Waals surface area contributed by atoms with E-state index in [1.807, 2.05) is 20.8 Å². The van der Waals surface area contributed by atoms with E-state index < -0.39 is 34.5 Å².